The second-order valence-corrected chi connectivity index (χ2v) is 12.4. The summed E-state index contributed by atoms with van der Waals surface area (Å²) in [6, 6.07) is 1.83. The standard InChI is InChI=1S/C26H28BrClF3N7O4/c1-13-11-17(20(39)32-16-6-5-14(12-15(16)28)26(29,30)31)37-18(13)19(21(40)38-23(37)33-22(27)34-38)35-7-9-36(10-8-35)24(41)42-25(2,3)4/h5-6,12-13,17H,7-11H2,1-4H3,(H,32,39)/t13-,17-/m0/s1. The molecule has 16 heteroatoms. The first-order chi connectivity index (χ1) is 19.5. The second kappa shape index (κ2) is 10.7. The normalized spacial score (nSPS) is 19.3. The van der Waals surface area contributed by atoms with Crippen molar-refractivity contribution in [3.05, 3.63) is 49.6 Å². The zero-order chi connectivity index (χ0) is 30.7. The molecule has 2 aliphatic rings. The number of nitrogens with one attached hydrogen (secondary N) is 1. The van der Waals surface area contributed by atoms with Gasteiger partial charge in [0.25, 0.3) is 5.56 Å². The molecule has 1 N–H and O–H groups in total. The molecule has 0 spiro atoms. The van der Waals surface area contributed by atoms with Crippen molar-refractivity contribution >= 4 is 56.7 Å². The minimum atomic E-state index is -4.58. The number of hydrogen-bond donors (Lipinski definition) is 1. The maximum absolute atomic E-state index is 13.7. The zero-order valence-corrected chi connectivity index (χ0v) is 25.5. The minimum Gasteiger partial charge on any atom is -0.444 e. The van der Waals surface area contributed by atoms with Gasteiger partial charge in [-0.25, -0.2) is 4.79 Å². The molecule has 0 saturated carbocycles. The molecule has 2 aromatic heterocycles. The number of piperazine rings is 1. The molecule has 42 heavy (non-hydrogen) atoms. The average molecular weight is 675 g/mol. The van der Waals surface area contributed by atoms with Crippen LogP contribution >= 0.6 is 27.5 Å². The van der Waals surface area contributed by atoms with Crippen molar-refractivity contribution in [2.45, 2.75) is 57.9 Å². The first kappa shape index (κ1) is 30.1. The quantitative estimate of drug-likeness (QED) is 0.413. The van der Waals surface area contributed by atoms with Gasteiger partial charge in [-0.2, -0.15) is 22.7 Å². The van der Waals surface area contributed by atoms with Gasteiger partial charge in [0.05, 0.1) is 22.0 Å². The van der Waals surface area contributed by atoms with E-state index in [0.717, 1.165) is 22.7 Å². The van der Waals surface area contributed by atoms with Crippen molar-refractivity contribution in [1.29, 1.82) is 0 Å². The lowest BCUT2D eigenvalue weighted by molar-refractivity contribution is -0.137. The number of hydrogen-bond acceptors (Lipinski definition) is 7. The molecule has 4 heterocycles. The number of ether oxygens (including phenoxy) is 1. The molecule has 1 saturated heterocycles. The number of amides is 2. The molecular formula is C26H28BrClF3N7O4. The molecule has 0 bridgehead atoms. The van der Waals surface area contributed by atoms with Gasteiger partial charge in [-0.3, -0.25) is 14.2 Å². The summed E-state index contributed by atoms with van der Waals surface area (Å²) in [7, 11) is 0. The van der Waals surface area contributed by atoms with Crippen LogP contribution in [0.3, 0.4) is 0 Å². The Morgan fingerprint density at radius 3 is 2.40 bits per heavy atom. The van der Waals surface area contributed by atoms with Crippen molar-refractivity contribution in [2.75, 3.05) is 36.4 Å². The second-order valence-electron chi connectivity index (χ2n) is 11.3. The number of benzene rings is 1. The Morgan fingerprint density at radius 2 is 1.81 bits per heavy atom. The van der Waals surface area contributed by atoms with E-state index in [0.29, 0.717) is 44.0 Å². The predicted octanol–water partition coefficient (Wildman–Crippen LogP) is 5.07. The maximum atomic E-state index is 13.7. The highest BCUT2D eigenvalue weighted by atomic mass is 79.9. The number of anilines is 2. The van der Waals surface area contributed by atoms with Crippen LogP contribution in [0.25, 0.3) is 5.78 Å². The van der Waals surface area contributed by atoms with Gasteiger partial charge in [0.1, 0.15) is 17.3 Å². The summed E-state index contributed by atoms with van der Waals surface area (Å²) < 4.78 is 47.7. The van der Waals surface area contributed by atoms with Gasteiger partial charge >= 0.3 is 12.3 Å². The summed E-state index contributed by atoms with van der Waals surface area (Å²) in [5, 5.41) is 6.57. The van der Waals surface area contributed by atoms with Gasteiger partial charge in [-0.05, 0) is 61.3 Å². The maximum Gasteiger partial charge on any atom is 0.416 e. The molecule has 0 radical (unpaired) electrons. The summed E-state index contributed by atoms with van der Waals surface area (Å²) in [4.78, 5) is 47.7. The van der Waals surface area contributed by atoms with Crippen molar-refractivity contribution in [3.63, 3.8) is 0 Å². The monoisotopic (exact) mass is 673 g/mol. The highest BCUT2D eigenvalue weighted by molar-refractivity contribution is 9.10. The summed E-state index contributed by atoms with van der Waals surface area (Å²) in [5.41, 5.74) is -1.05. The molecule has 226 valence electrons. The summed E-state index contributed by atoms with van der Waals surface area (Å²) in [5.74, 6) is -0.662. The lowest BCUT2D eigenvalue weighted by atomic mass is 10.0. The molecular weight excluding hydrogens is 647 g/mol. The highest BCUT2D eigenvalue weighted by Gasteiger charge is 2.41. The van der Waals surface area contributed by atoms with Gasteiger partial charge < -0.3 is 19.9 Å². The SMILES string of the molecule is C[C@H]1C[C@@H](C(=O)Nc2ccc(C(F)(F)F)cc2Cl)n2c1c(N1CCN(C(=O)OC(C)(C)C)CC1)c(=O)n1nc(Br)nc21. The summed E-state index contributed by atoms with van der Waals surface area (Å²) >= 11 is 9.31. The number of carbonyl (C=O) groups excluding carboxylic acids is 2. The van der Waals surface area contributed by atoms with Crippen LogP contribution in [-0.4, -0.2) is 67.8 Å². The molecule has 1 aromatic carbocycles. The predicted molar refractivity (Wildman–Crippen MR) is 152 cm³/mol. The third kappa shape index (κ3) is 5.68. The fourth-order valence-corrected chi connectivity index (χ4v) is 5.85. The third-order valence-corrected chi connectivity index (χ3v) is 7.79. The van der Waals surface area contributed by atoms with Crippen LogP contribution in [0.1, 0.15) is 57.3 Å². The van der Waals surface area contributed by atoms with E-state index >= 15 is 0 Å². The number of aromatic nitrogens is 4. The van der Waals surface area contributed by atoms with Crippen LogP contribution < -0.4 is 15.8 Å². The van der Waals surface area contributed by atoms with Gasteiger partial charge in [0, 0.05) is 32.1 Å². The van der Waals surface area contributed by atoms with E-state index in [4.69, 9.17) is 16.3 Å². The largest absolute Gasteiger partial charge is 0.444 e. The van der Waals surface area contributed by atoms with Crippen molar-refractivity contribution in [1.82, 2.24) is 24.1 Å². The van der Waals surface area contributed by atoms with E-state index in [1.54, 1.807) is 30.2 Å². The summed E-state index contributed by atoms with van der Waals surface area (Å²) in [6.07, 6.45) is -4.73. The van der Waals surface area contributed by atoms with E-state index in [1.165, 1.54) is 0 Å². The molecule has 1 fully saturated rings. The van der Waals surface area contributed by atoms with E-state index in [9.17, 15) is 27.6 Å². The molecule has 11 nitrogen and oxygen atoms in total. The number of fused-ring (bicyclic) bond motifs is 3. The van der Waals surface area contributed by atoms with Crippen LogP contribution in [0.15, 0.2) is 27.7 Å². The lowest BCUT2D eigenvalue weighted by Gasteiger charge is -2.37. The van der Waals surface area contributed by atoms with Crippen LogP contribution in [0.2, 0.25) is 5.02 Å². The number of carbonyl (C=O) groups is 2. The Balaban J connectivity index is 1.48. The Hall–Kier alpha value is -3.33. The molecule has 5 rings (SSSR count). The average Bonchev–Trinajstić information content (AvgIpc) is 3.44. The van der Waals surface area contributed by atoms with Crippen molar-refractivity contribution < 1.29 is 27.5 Å². The first-order valence-corrected chi connectivity index (χ1v) is 14.3. The van der Waals surface area contributed by atoms with Gasteiger partial charge in [-0.15, -0.1) is 5.10 Å². The van der Waals surface area contributed by atoms with Gasteiger partial charge in [-0.1, -0.05) is 18.5 Å². The van der Waals surface area contributed by atoms with Gasteiger partial charge in [0.15, 0.2) is 0 Å². The zero-order valence-electron chi connectivity index (χ0n) is 23.1. The van der Waals surface area contributed by atoms with E-state index < -0.39 is 40.9 Å². The van der Waals surface area contributed by atoms with Crippen LogP contribution in [0, 0.1) is 0 Å². The van der Waals surface area contributed by atoms with E-state index in [2.05, 4.69) is 31.3 Å². The number of halogens is 5. The molecule has 0 unspecified atom stereocenters. The lowest BCUT2D eigenvalue weighted by Crippen LogP contribution is -2.51. The fraction of sp³-hybridized carbons (Fsp3) is 0.500. The highest BCUT2D eigenvalue weighted by Crippen LogP contribution is 2.42. The Labute approximate surface area is 251 Å². The van der Waals surface area contributed by atoms with E-state index in [1.807, 2.05) is 11.8 Å². The van der Waals surface area contributed by atoms with Crippen molar-refractivity contribution in [2.24, 2.45) is 0 Å². The van der Waals surface area contributed by atoms with Crippen molar-refractivity contribution in [3.8, 4) is 0 Å². The Morgan fingerprint density at radius 1 is 1.14 bits per heavy atom. The fourth-order valence-electron chi connectivity index (χ4n) is 5.30. The smallest absolute Gasteiger partial charge is 0.416 e. The topological polar surface area (TPSA) is 114 Å². The molecule has 2 atom stereocenters. The first-order valence-electron chi connectivity index (χ1n) is 13.2. The van der Waals surface area contributed by atoms with Crippen LogP contribution in [0.5, 0.6) is 0 Å². The molecule has 2 aliphatic heterocycles. The Kier molecular flexibility index (Phi) is 7.71. The van der Waals surface area contributed by atoms with E-state index in [-0.39, 0.29) is 27.1 Å². The number of alkyl halides is 3. The van der Waals surface area contributed by atoms with Crippen LogP contribution in [0.4, 0.5) is 29.3 Å². The number of nitrogens with zero attached hydrogens (tertiary/aromatic N) is 6. The molecule has 0 aliphatic carbocycles. The van der Waals surface area contributed by atoms with Gasteiger partial charge in [0.2, 0.25) is 16.4 Å². The minimum absolute atomic E-state index is 0.0222. The number of rotatable bonds is 3. The van der Waals surface area contributed by atoms with Crippen LogP contribution in [-0.2, 0) is 15.7 Å². The summed E-state index contributed by atoms with van der Waals surface area (Å²) in [6.45, 7) is 8.56. The molecule has 3 aromatic rings. The Bertz CT molecular complexity index is 1630. The third-order valence-electron chi connectivity index (χ3n) is 7.14. The molecule has 2 amide bonds.